The third-order valence-corrected chi connectivity index (χ3v) is 3.71. The van der Waals surface area contributed by atoms with Gasteiger partial charge in [-0.25, -0.2) is 4.79 Å². The maximum atomic E-state index is 12.1. The molecular weight excluding hydrogens is 234 g/mol. The molecule has 0 bridgehead atoms. The van der Waals surface area contributed by atoms with Gasteiger partial charge in [0, 0.05) is 6.54 Å². The summed E-state index contributed by atoms with van der Waals surface area (Å²) in [7, 11) is 0. The van der Waals surface area contributed by atoms with Crippen LogP contribution in [0.15, 0.2) is 0 Å². The highest BCUT2D eigenvalue weighted by molar-refractivity contribution is 5.69. The zero-order chi connectivity index (χ0) is 13.4. The van der Waals surface area contributed by atoms with Crippen LogP contribution in [-0.4, -0.2) is 53.1 Å². The number of carbonyl (C=O) groups excluding carboxylic acids is 1. The van der Waals surface area contributed by atoms with Crippen molar-refractivity contribution in [2.75, 3.05) is 19.8 Å². The van der Waals surface area contributed by atoms with Gasteiger partial charge >= 0.3 is 6.09 Å². The minimum atomic E-state index is -0.512. The molecule has 2 aliphatic rings. The quantitative estimate of drug-likeness (QED) is 0.774. The van der Waals surface area contributed by atoms with Gasteiger partial charge < -0.3 is 14.6 Å². The van der Waals surface area contributed by atoms with Gasteiger partial charge in [0.05, 0.1) is 24.9 Å². The average Bonchev–Trinajstić information content (AvgIpc) is 2.23. The summed E-state index contributed by atoms with van der Waals surface area (Å²) in [5.41, 5.74) is -0.841. The summed E-state index contributed by atoms with van der Waals surface area (Å²) in [6.07, 6.45) is 2.57. The molecule has 1 saturated heterocycles. The Kier molecular flexibility index (Phi) is 3.56. The molecule has 2 fully saturated rings. The van der Waals surface area contributed by atoms with Gasteiger partial charge in [0.15, 0.2) is 0 Å². The molecule has 1 aliphatic carbocycles. The first-order valence-electron chi connectivity index (χ1n) is 6.62. The van der Waals surface area contributed by atoms with E-state index in [0.29, 0.717) is 13.2 Å². The molecule has 1 spiro atoms. The Balaban J connectivity index is 2.08. The minimum absolute atomic E-state index is 0.0702. The van der Waals surface area contributed by atoms with Crippen LogP contribution in [0.25, 0.3) is 0 Å². The monoisotopic (exact) mass is 257 g/mol. The van der Waals surface area contributed by atoms with Gasteiger partial charge in [0.25, 0.3) is 0 Å². The van der Waals surface area contributed by atoms with Crippen LogP contribution in [0.4, 0.5) is 4.79 Å². The van der Waals surface area contributed by atoms with Crippen molar-refractivity contribution in [3.63, 3.8) is 0 Å². The molecule has 0 radical (unpaired) electrons. The predicted molar refractivity (Wildman–Crippen MR) is 66.3 cm³/mol. The van der Waals surface area contributed by atoms with Crippen LogP contribution in [0.2, 0.25) is 0 Å². The summed E-state index contributed by atoms with van der Waals surface area (Å²) >= 11 is 0. The Hall–Kier alpha value is -0.810. The second kappa shape index (κ2) is 4.70. The lowest BCUT2D eigenvalue weighted by Crippen LogP contribution is -2.65. The minimum Gasteiger partial charge on any atom is -0.444 e. The highest BCUT2D eigenvalue weighted by Gasteiger charge is 2.51. The summed E-state index contributed by atoms with van der Waals surface area (Å²) < 4.78 is 11.2. The van der Waals surface area contributed by atoms with Gasteiger partial charge in [-0.15, -0.1) is 0 Å². The summed E-state index contributed by atoms with van der Waals surface area (Å²) in [6, 6.07) is -0.269. The predicted octanol–water partition coefficient (Wildman–Crippen LogP) is 1.54. The number of aliphatic hydroxyl groups excluding tert-OH is 1. The second-order valence-corrected chi connectivity index (χ2v) is 6.14. The largest absolute Gasteiger partial charge is 0.444 e. The number of carbonyl (C=O) groups is 1. The first-order chi connectivity index (χ1) is 8.38. The summed E-state index contributed by atoms with van der Waals surface area (Å²) in [5.74, 6) is 0. The van der Waals surface area contributed by atoms with Crippen LogP contribution in [0.3, 0.4) is 0 Å². The third-order valence-electron chi connectivity index (χ3n) is 3.71. The second-order valence-electron chi connectivity index (χ2n) is 6.14. The molecule has 1 heterocycles. The van der Waals surface area contributed by atoms with E-state index in [1.165, 1.54) is 0 Å². The molecule has 2 rings (SSSR count). The fraction of sp³-hybridized carbons (Fsp3) is 0.923. The Bertz CT molecular complexity index is 319. The van der Waals surface area contributed by atoms with Gasteiger partial charge in [0.2, 0.25) is 0 Å². The molecule has 5 nitrogen and oxygen atoms in total. The van der Waals surface area contributed by atoms with Crippen molar-refractivity contribution in [2.24, 2.45) is 0 Å². The summed E-state index contributed by atoms with van der Waals surface area (Å²) in [5, 5.41) is 9.58. The Morgan fingerprint density at radius 1 is 1.50 bits per heavy atom. The fourth-order valence-electron chi connectivity index (χ4n) is 2.69. The molecule has 1 unspecified atom stereocenters. The van der Waals surface area contributed by atoms with Crippen LogP contribution in [-0.2, 0) is 9.47 Å². The highest BCUT2D eigenvalue weighted by atomic mass is 16.6. The molecule has 5 heteroatoms. The Morgan fingerprint density at radius 3 is 2.61 bits per heavy atom. The molecule has 104 valence electrons. The topological polar surface area (TPSA) is 59.0 Å². The van der Waals surface area contributed by atoms with Crippen LogP contribution < -0.4 is 0 Å². The number of aliphatic hydroxyl groups is 1. The van der Waals surface area contributed by atoms with E-state index in [-0.39, 0.29) is 24.3 Å². The number of hydrogen-bond donors (Lipinski definition) is 1. The lowest BCUT2D eigenvalue weighted by atomic mass is 9.73. The zero-order valence-electron chi connectivity index (χ0n) is 11.4. The van der Waals surface area contributed by atoms with Crippen molar-refractivity contribution < 1.29 is 19.4 Å². The van der Waals surface area contributed by atoms with Crippen LogP contribution in [0, 0.1) is 0 Å². The summed E-state index contributed by atoms with van der Waals surface area (Å²) in [6.45, 7) is 6.48. The molecule has 0 aromatic rings. The Labute approximate surface area is 108 Å². The van der Waals surface area contributed by atoms with Gasteiger partial charge in [0.1, 0.15) is 5.60 Å². The van der Waals surface area contributed by atoms with E-state index < -0.39 is 5.60 Å². The van der Waals surface area contributed by atoms with E-state index in [1.807, 2.05) is 20.8 Å². The molecule has 18 heavy (non-hydrogen) atoms. The van der Waals surface area contributed by atoms with Crippen LogP contribution in [0.5, 0.6) is 0 Å². The van der Waals surface area contributed by atoms with E-state index in [0.717, 1.165) is 19.3 Å². The number of nitrogens with zero attached hydrogens (tertiary/aromatic N) is 1. The maximum absolute atomic E-state index is 12.1. The normalized spacial score (nSPS) is 26.9. The number of ether oxygens (including phenoxy) is 2. The smallest absolute Gasteiger partial charge is 0.410 e. The van der Waals surface area contributed by atoms with Crippen molar-refractivity contribution in [1.29, 1.82) is 0 Å². The molecule has 1 atom stereocenters. The van der Waals surface area contributed by atoms with E-state index in [9.17, 15) is 9.90 Å². The summed E-state index contributed by atoms with van der Waals surface area (Å²) in [4.78, 5) is 13.8. The molecule has 1 saturated carbocycles. The van der Waals surface area contributed by atoms with Crippen molar-refractivity contribution in [3.8, 4) is 0 Å². The van der Waals surface area contributed by atoms with Crippen LogP contribution in [0.1, 0.15) is 40.0 Å². The van der Waals surface area contributed by atoms with Gasteiger partial charge in [-0.05, 0) is 40.0 Å². The highest BCUT2D eigenvalue weighted by Crippen LogP contribution is 2.42. The van der Waals surface area contributed by atoms with Crippen LogP contribution >= 0.6 is 0 Å². The fourth-order valence-corrected chi connectivity index (χ4v) is 2.69. The maximum Gasteiger partial charge on any atom is 0.410 e. The molecule has 1 amide bonds. The van der Waals surface area contributed by atoms with Gasteiger partial charge in [-0.2, -0.15) is 0 Å². The first kappa shape index (κ1) is 13.6. The van der Waals surface area contributed by atoms with Crippen molar-refractivity contribution in [2.45, 2.75) is 57.3 Å². The van der Waals surface area contributed by atoms with Crippen molar-refractivity contribution >= 4 is 6.09 Å². The molecule has 1 aliphatic heterocycles. The third kappa shape index (κ3) is 2.47. The van der Waals surface area contributed by atoms with E-state index in [4.69, 9.17) is 9.47 Å². The number of hydrogen-bond acceptors (Lipinski definition) is 4. The molecule has 0 aromatic heterocycles. The van der Waals surface area contributed by atoms with Crippen molar-refractivity contribution in [1.82, 2.24) is 4.90 Å². The zero-order valence-corrected chi connectivity index (χ0v) is 11.4. The molecular formula is C13H23NO4. The van der Waals surface area contributed by atoms with E-state index >= 15 is 0 Å². The SMILES string of the molecule is CC(C)(C)OC(=O)N1CCOC2(CCC2)C1CO. The Morgan fingerprint density at radius 2 is 2.17 bits per heavy atom. The lowest BCUT2D eigenvalue weighted by Gasteiger charge is -2.53. The number of rotatable bonds is 1. The standard InChI is InChI=1S/C13H23NO4/c1-12(2,3)18-11(16)14-7-8-17-13(5-4-6-13)10(14)9-15/h10,15H,4-9H2,1-3H3. The number of morpholine rings is 1. The average molecular weight is 257 g/mol. The first-order valence-corrected chi connectivity index (χ1v) is 6.62. The molecule has 1 N–H and O–H groups in total. The van der Waals surface area contributed by atoms with E-state index in [2.05, 4.69) is 0 Å². The van der Waals surface area contributed by atoms with Gasteiger partial charge in [-0.3, -0.25) is 4.90 Å². The molecule has 0 aromatic carbocycles. The van der Waals surface area contributed by atoms with Crippen molar-refractivity contribution in [3.05, 3.63) is 0 Å². The lowest BCUT2D eigenvalue weighted by molar-refractivity contribution is -0.189. The van der Waals surface area contributed by atoms with E-state index in [1.54, 1.807) is 4.90 Å². The number of amides is 1. The van der Waals surface area contributed by atoms with Gasteiger partial charge in [-0.1, -0.05) is 0 Å².